The van der Waals surface area contributed by atoms with E-state index in [0.29, 0.717) is 19.6 Å². The molecule has 0 aliphatic carbocycles. The van der Waals surface area contributed by atoms with E-state index in [0.717, 1.165) is 17.1 Å². The summed E-state index contributed by atoms with van der Waals surface area (Å²) in [6.07, 6.45) is 0. The molecular weight excluding hydrogens is 400 g/mol. The molecule has 0 radical (unpaired) electrons. The summed E-state index contributed by atoms with van der Waals surface area (Å²) in [4.78, 5) is 29.8. The van der Waals surface area contributed by atoms with Crippen LogP contribution in [0, 0.1) is 18.3 Å². The van der Waals surface area contributed by atoms with Crippen LogP contribution in [0.25, 0.3) is 0 Å². The van der Waals surface area contributed by atoms with Gasteiger partial charge in [0.2, 0.25) is 11.8 Å². The predicted molar refractivity (Wildman–Crippen MR) is 120 cm³/mol. The fraction of sp³-hybridized carbons (Fsp3) is 0.500. The number of furan rings is 1. The zero-order chi connectivity index (χ0) is 22.3. The summed E-state index contributed by atoms with van der Waals surface area (Å²) in [6.45, 7) is 10.9. The lowest BCUT2D eigenvalue weighted by atomic mass is 9.93. The van der Waals surface area contributed by atoms with Crippen LogP contribution in [0.1, 0.15) is 44.8 Å². The summed E-state index contributed by atoms with van der Waals surface area (Å²) in [5.41, 5.74) is 0.302. The van der Waals surface area contributed by atoms with Crippen molar-refractivity contribution in [1.29, 1.82) is 0 Å². The molecule has 2 aromatic rings. The van der Waals surface area contributed by atoms with Crippen LogP contribution in [0.15, 0.2) is 46.9 Å². The van der Waals surface area contributed by atoms with Gasteiger partial charge in [0.1, 0.15) is 11.5 Å². The fourth-order valence-corrected chi connectivity index (χ4v) is 3.32. The minimum absolute atomic E-state index is 0.0177. The molecule has 1 aromatic heterocycles. The van der Waals surface area contributed by atoms with Crippen LogP contribution in [-0.2, 0) is 22.7 Å². The lowest BCUT2D eigenvalue weighted by molar-refractivity contribution is -0.146. The summed E-state index contributed by atoms with van der Waals surface area (Å²) in [5.74, 6) is 1.74. The largest absolute Gasteiger partial charge is 0.464 e. The Balaban J connectivity index is 2.23. The van der Waals surface area contributed by atoms with Gasteiger partial charge in [-0.2, -0.15) is 0 Å². The second-order valence-electron chi connectivity index (χ2n) is 8.84. The van der Waals surface area contributed by atoms with Crippen molar-refractivity contribution in [3.63, 3.8) is 0 Å². The Hall–Kier alpha value is -2.27. The molecule has 0 aliphatic rings. The number of aryl methyl sites for hydroxylation is 1. The molecule has 0 N–H and O–H groups in total. The number of alkyl halides is 1. The Bertz CT molecular complexity index is 830. The lowest BCUT2D eigenvalue weighted by Crippen LogP contribution is -2.48. The van der Waals surface area contributed by atoms with Gasteiger partial charge in [-0.15, -0.1) is 11.6 Å². The van der Waals surface area contributed by atoms with Crippen LogP contribution < -0.4 is 0 Å². The molecule has 2 amide bonds. The molecule has 0 saturated heterocycles. The molecule has 0 fully saturated rings. The Kier molecular flexibility index (Phi) is 8.54. The van der Waals surface area contributed by atoms with Crippen molar-refractivity contribution in [3.8, 4) is 0 Å². The lowest BCUT2D eigenvalue weighted by Gasteiger charge is -2.33. The number of nitrogens with zero attached hydrogens (tertiary/aromatic N) is 2. The molecule has 0 aliphatic heterocycles. The van der Waals surface area contributed by atoms with Gasteiger partial charge in [-0.25, -0.2) is 0 Å². The Morgan fingerprint density at radius 2 is 1.70 bits per heavy atom. The monoisotopic (exact) mass is 432 g/mol. The zero-order valence-electron chi connectivity index (χ0n) is 18.7. The molecule has 0 bridgehead atoms. The van der Waals surface area contributed by atoms with Crippen molar-refractivity contribution in [2.45, 2.75) is 47.7 Å². The van der Waals surface area contributed by atoms with Gasteiger partial charge in [-0.1, -0.05) is 44.2 Å². The molecule has 6 heteroatoms. The number of benzene rings is 1. The minimum atomic E-state index is -0.723. The molecule has 0 atom stereocenters. The van der Waals surface area contributed by atoms with Gasteiger partial charge >= 0.3 is 0 Å². The molecule has 0 saturated carbocycles. The number of carbonyl (C=O) groups excluding carboxylic acids is 2. The van der Waals surface area contributed by atoms with Gasteiger partial charge in [0, 0.05) is 19.0 Å². The topological polar surface area (TPSA) is 53.8 Å². The Labute approximate surface area is 185 Å². The molecule has 1 aromatic carbocycles. The first kappa shape index (κ1) is 24.0. The Morgan fingerprint density at radius 3 is 2.23 bits per heavy atom. The maximum absolute atomic E-state index is 13.3. The molecule has 30 heavy (non-hydrogen) atoms. The molecule has 5 nitrogen and oxygen atoms in total. The first-order chi connectivity index (χ1) is 14.1. The van der Waals surface area contributed by atoms with Crippen LogP contribution in [0.5, 0.6) is 0 Å². The fourth-order valence-electron chi connectivity index (χ4n) is 3.20. The van der Waals surface area contributed by atoms with E-state index in [1.165, 1.54) is 0 Å². The summed E-state index contributed by atoms with van der Waals surface area (Å²) < 4.78 is 5.70. The third-order valence-electron chi connectivity index (χ3n) is 4.82. The molecule has 2 rings (SSSR count). The van der Waals surface area contributed by atoms with Crippen molar-refractivity contribution in [3.05, 3.63) is 59.5 Å². The summed E-state index contributed by atoms with van der Waals surface area (Å²) in [6, 6.07) is 13.6. The second-order valence-corrected chi connectivity index (χ2v) is 9.11. The SMILES string of the molecule is Cc1ccc(CN(Cc2ccccc2)C(=O)CN(CC(C)C)C(=O)C(C)(C)CCl)o1. The van der Waals surface area contributed by atoms with Gasteiger partial charge < -0.3 is 14.2 Å². The average Bonchev–Trinajstić information content (AvgIpc) is 3.11. The van der Waals surface area contributed by atoms with Crippen molar-refractivity contribution < 1.29 is 14.0 Å². The number of carbonyl (C=O) groups is 2. The molecule has 0 spiro atoms. The smallest absolute Gasteiger partial charge is 0.242 e. The van der Waals surface area contributed by atoms with Crippen molar-refractivity contribution in [2.24, 2.45) is 11.3 Å². The van der Waals surface area contributed by atoms with Crippen molar-refractivity contribution in [2.75, 3.05) is 19.0 Å². The molecule has 1 heterocycles. The highest BCUT2D eigenvalue weighted by atomic mass is 35.5. The maximum atomic E-state index is 13.3. The number of rotatable bonds is 10. The van der Waals surface area contributed by atoms with Crippen LogP contribution in [0.3, 0.4) is 0 Å². The van der Waals surface area contributed by atoms with E-state index < -0.39 is 5.41 Å². The third-order valence-corrected chi connectivity index (χ3v) is 5.49. The molecule has 164 valence electrons. The first-order valence-corrected chi connectivity index (χ1v) is 10.9. The number of amides is 2. The van der Waals surface area contributed by atoms with E-state index in [-0.39, 0.29) is 30.2 Å². The summed E-state index contributed by atoms with van der Waals surface area (Å²) >= 11 is 6.03. The molecule has 0 unspecified atom stereocenters. The van der Waals surface area contributed by atoms with Gasteiger partial charge in [0.05, 0.1) is 18.5 Å². The van der Waals surface area contributed by atoms with Gasteiger partial charge in [0.15, 0.2) is 0 Å². The minimum Gasteiger partial charge on any atom is -0.464 e. The molecular formula is C24H33ClN2O3. The third kappa shape index (κ3) is 6.91. The van der Waals surface area contributed by atoms with Crippen LogP contribution in [0.2, 0.25) is 0 Å². The predicted octanol–water partition coefficient (Wildman–Crippen LogP) is 4.87. The highest BCUT2D eigenvalue weighted by Gasteiger charge is 2.33. The summed E-state index contributed by atoms with van der Waals surface area (Å²) in [7, 11) is 0. The van der Waals surface area contributed by atoms with E-state index >= 15 is 0 Å². The van der Waals surface area contributed by atoms with Crippen LogP contribution in [-0.4, -0.2) is 40.6 Å². The highest BCUT2D eigenvalue weighted by molar-refractivity contribution is 6.19. The van der Waals surface area contributed by atoms with Gasteiger partial charge in [-0.3, -0.25) is 9.59 Å². The number of hydrogen-bond donors (Lipinski definition) is 0. The first-order valence-electron chi connectivity index (χ1n) is 10.3. The standard InChI is InChI=1S/C24H33ClN2O3/c1-18(2)13-27(23(29)24(4,5)17-25)16-22(28)26(14-20-9-7-6-8-10-20)15-21-12-11-19(3)30-21/h6-12,18H,13-17H2,1-5H3. The van der Waals surface area contributed by atoms with E-state index in [2.05, 4.69) is 0 Å². The Morgan fingerprint density at radius 1 is 1.03 bits per heavy atom. The number of halogens is 1. The summed E-state index contributed by atoms with van der Waals surface area (Å²) in [5, 5.41) is 0. The maximum Gasteiger partial charge on any atom is 0.242 e. The highest BCUT2D eigenvalue weighted by Crippen LogP contribution is 2.22. The quantitative estimate of drug-likeness (QED) is 0.503. The average molecular weight is 433 g/mol. The number of hydrogen-bond acceptors (Lipinski definition) is 3. The van der Waals surface area contributed by atoms with E-state index in [1.807, 2.05) is 77.1 Å². The van der Waals surface area contributed by atoms with E-state index in [1.54, 1.807) is 9.80 Å². The van der Waals surface area contributed by atoms with Crippen molar-refractivity contribution in [1.82, 2.24) is 9.80 Å². The van der Waals surface area contributed by atoms with Gasteiger partial charge in [0.25, 0.3) is 0 Å². The second kappa shape index (κ2) is 10.7. The zero-order valence-corrected chi connectivity index (χ0v) is 19.4. The van der Waals surface area contributed by atoms with Crippen LogP contribution in [0.4, 0.5) is 0 Å². The van der Waals surface area contributed by atoms with Crippen LogP contribution >= 0.6 is 11.6 Å². The van der Waals surface area contributed by atoms with Gasteiger partial charge in [-0.05, 0) is 44.4 Å². The van der Waals surface area contributed by atoms with E-state index in [4.69, 9.17) is 16.0 Å². The normalized spacial score (nSPS) is 11.6. The van der Waals surface area contributed by atoms with Crippen molar-refractivity contribution >= 4 is 23.4 Å². The van der Waals surface area contributed by atoms with E-state index in [9.17, 15) is 9.59 Å².